The number of hydrogen-bond acceptors (Lipinski definition) is 6. The standard InChI is InChI=1S/C34H27ClN4O3S2/c1-22-6-5-7-23(18-22)19-29(37-32(41)25-8-3-2-4-9-25)33(42)36-27-14-16-28(17-15-27)43-21-31(40)39-34-38-30(20-44-34)24-10-12-26(35)13-11-24/h2-20H,21H2,1H3,(H,36,42)(H,37,41)(H,38,39,40)/b29-19-. The van der Waals surface area contributed by atoms with Crippen LogP contribution in [0.1, 0.15) is 21.5 Å². The third-order valence-corrected chi connectivity index (χ3v) is 8.28. The smallest absolute Gasteiger partial charge is 0.272 e. The van der Waals surface area contributed by atoms with Gasteiger partial charge in [-0.25, -0.2) is 4.98 Å². The third-order valence-electron chi connectivity index (χ3n) is 6.25. The second kappa shape index (κ2) is 14.7. The number of carbonyl (C=O) groups is 3. The number of amides is 3. The molecule has 220 valence electrons. The number of thiazole rings is 1. The zero-order valence-electron chi connectivity index (χ0n) is 23.5. The predicted octanol–water partition coefficient (Wildman–Crippen LogP) is 7.91. The Balaban J connectivity index is 1.18. The molecular formula is C34H27ClN4O3S2. The fraction of sp³-hybridized carbons (Fsp3) is 0.0588. The maximum Gasteiger partial charge on any atom is 0.272 e. The van der Waals surface area contributed by atoms with E-state index in [1.165, 1.54) is 23.1 Å². The number of nitrogens with zero attached hydrogens (tertiary/aromatic N) is 1. The van der Waals surface area contributed by atoms with Gasteiger partial charge in [-0.1, -0.05) is 71.8 Å². The Morgan fingerprint density at radius 2 is 1.64 bits per heavy atom. The Morgan fingerprint density at radius 1 is 0.886 bits per heavy atom. The minimum Gasteiger partial charge on any atom is -0.321 e. The van der Waals surface area contributed by atoms with Crippen LogP contribution in [0.5, 0.6) is 0 Å². The summed E-state index contributed by atoms with van der Waals surface area (Å²) in [5.41, 5.74) is 4.61. The average Bonchev–Trinajstić information content (AvgIpc) is 3.49. The quantitative estimate of drug-likeness (QED) is 0.107. The van der Waals surface area contributed by atoms with Crippen LogP contribution in [0.4, 0.5) is 10.8 Å². The predicted molar refractivity (Wildman–Crippen MR) is 180 cm³/mol. The van der Waals surface area contributed by atoms with Gasteiger partial charge < -0.3 is 16.0 Å². The van der Waals surface area contributed by atoms with Gasteiger partial charge in [0, 0.05) is 32.1 Å². The van der Waals surface area contributed by atoms with E-state index in [2.05, 4.69) is 20.9 Å². The topological polar surface area (TPSA) is 100 Å². The number of benzene rings is 4. The van der Waals surface area contributed by atoms with Gasteiger partial charge in [-0.3, -0.25) is 14.4 Å². The second-order valence-electron chi connectivity index (χ2n) is 9.65. The molecule has 0 saturated heterocycles. The van der Waals surface area contributed by atoms with Crippen LogP contribution < -0.4 is 16.0 Å². The first-order valence-corrected chi connectivity index (χ1v) is 15.8. The molecule has 1 heterocycles. The molecule has 0 radical (unpaired) electrons. The van der Waals surface area contributed by atoms with Gasteiger partial charge in [-0.15, -0.1) is 23.1 Å². The normalized spacial score (nSPS) is 11.1. The second-order valence-corrected chi connectivity index (χ2v) is 12.0. The van der Waals surface area contributed by atoms with Crippen molar-refractivity contribution in [1.29, 1.82) is 0 Å². The Bertz CT molecular complexity index is 1800. The largest absolute Gasteiger partial charge is 0.321 e. The van der Waals surface area contributed by atoms with Crippen molar-refractivity contribution >= 4 is 69.3 Å². The fourth-order valence-electron chi connectivity index (χ4n) is 4.09. The number of nitrogens with one attached hydrogen (secondary N) is 3. The van der Waals surface area contributed by atoms with Crippen molar-refractivity contribution in [3.05, 3.63) is 136 Å². The maximum atomic E-state index is 13.3. The highest BCUT2D eigenvalue weighted by atomic mass is 35.5. The minimum absolute atomic E-state index is 0.112. The number of rotatable bonds is 10. The summed E-state index contributed by atoms with van der Waals surface area (Å²) < 4.78 is 0. The number of carbonyl (C=O) groups excluding carboxylic acids is 3. The van der Waals surface area contributed by atoms with E-state index < -0.39 is 5.91 Å². The average molecular weight is 639 g/mol. The number of thioether (sulfide) groups is 1. The molecule has 5 aromatic rings. The number of anilines is 2. The van der Waals surface area contributed by atoms with Gasteiger partial charge in [0.15, 0.2) is 5.13 Å². The SMILES string of the molecule is Cc1cccc(/C=C(\NC(=O)c2ccccc2)C(=O)Nc2ccc(SCC(=O)Nc3nc(-c4ccc(Cl)cc4)cs3)cc2)c1. The highest BCUT2D eigenvalue weighted by Crippen LogP contribution is 2.27. The first-order chi connectivity index (χ1) is 21.3. The van der Waals surface area contributed by atoms with Gasteiger partial charge in [0.05, 0.1) is 11.4 Å². The summed E-state index contributed by atoms with van der Waals surface area (Å²) in [6.45, 7) is 1.96. The maximum absolute atomic E-state index is 13.3. The molecular weight excluding hydrogens is 612 g/mol. The summed E-state index contributed by atoms with van der Waals surface area (Å²) in [5.74, 6) is -0.832. The molecule has 0 unspecified atom stereocenters. The summed E-state index contributed by atoms with van der Waals surface area (Å²) in [5, 5.41) is 11.5. The van der Waals surface area contributed by atoms with Crippen LogP contribution in [0.15, 0.2) is 119 Å². The summed E-state index contributed by atoms with van der Waals surface area (Å²) >= 11 is 8.68. The molecule has 3 N–H and O–H groups in total. The molecule has 4 aromatic carbocycles. The Hall–Kier alpha value is -4.70. The molecule has 1 aromatic heterocycles. The molecule has 44 heavy (non-hydrogen) atoms. The van der Waals surface area contributed by atoms with Crippen LogP contribution in [0, 0.1) is 6.92 Å². The van der Waals surface area contributed by atoms with Gasteiger partial charge in [0.2, 0.25) is 5.91 Å². The molecule has 0 atom stereocenters. The number of aryl methyl sites for hydroxylation is 1. The monoisotopic (exact) mass is 638 g/mol. The van der Waals surface area contributed by atoms with Crippen molar-refractivity contribution in [1.82, 2.24) is 10.3 Å². The van der Waals surface area contributed by atoms with Crippen molar-refractivity contribution in [2.75, 3.05) is 16.4 Å². The van der Waals surface area contributed by atoms with E-state index in [0.29, 0.717) is 21.4 Å². The summed E-state index contributed by atoms with van der Waals surface area (Å²) in [6.07, 6.45) is 1.65. The molecule has 0 fully saturated rings. The van der Waals surface area contributed by atoms with Crippen LogP contribution in [-0.2, 0) is 9.59 Å². The minimum atomic E-state index is -0.461. The molecule has 5 rings (SSSR count). The molecule has 0 saturated carbocycles. The van der Waals surface area contributed by atoms with Crippen molar-refractivity contribution in [2.45, 2.75) is 11.8 Å². The lowest BCUT2D eigenvalue weighted by Gasteiger charge is -2.12. The molecule has 0 spiro atoms. The first-order valence-electron chi connectivity index (χ1n) is 13.5. The van der Waals surface area contributed by atoms with Crippen LogP contribution in [0.3, 0.4) is 0 Å². The van der Waals surface area contributed by atoms with Crippen LogP contribution in [0.25, 0.3) is 17.3 Å². The summed E-state index contributed by atoms with van der Waals surface area (Å²) in [4.78, 5) is 44.0. The van der Waals surface area contributed by atoms with E-state index in [-0.39, 0.29) is 23.3 Å². The fourth-order valence-corrected chi connectivity index (χ4v) is 5.65. The Kier molecular flexibility index (Phi) is 10.2. The van der Waals surface area contributed by atoms with Crippen LogP contribution in [-0.4, -0.2) is 28.5 Å². The highest BCUT2D eigenvalue weighted by Gasteiger charge is 2.15. The van der Waals surface area contributed by atoms with Gasteiger partial charge in [0.25, 0.3) is 11.8 Å². The van der Waals surface area contributed by atoms with Crippen LogP contribution in [0.2, 0.25) is 5.02 Å². The van der Waals surface area contributed by atoms with Crippen molar-refractivity contribution < 1.29 is 14.4 Å². The lowest BCUT2D eigenvalue weighted by Crippen LogP contribution is -2.30. The molecule has 3 amide bonds. The molecule has 10 heteroatoms. The summed E-state index contributed by atoms with van der Waals surface area (Å²) in [6, 6.07) is 30.9. The molecule has 0 aliphatic carbocycles. The van der Waals surface area contributed by atoms with Crippen LogP contribution >= 0.6 is 34.7 Å². The summed E-state index contributed by atoms with van der Waals surface area (Å²) in [7, 11) is 0. The van der Waals surface area contributed by atoms with E-state index in [9.17, 15) is 14.4 Å². The van der Waals surface area contributed by atoms with Gasteiger partial charge in [0.1, 0.15) is 5.70 Å². The zero-order chi connectivity index (χ0) is 30.9. The molecule has 0 aliphatic rings. The van der Waals surface area contributed by atoms with E-state index in [0.717, 1.165) is 27.3 Å². The lowest BCUT2D eigenvalue weighted by atomic mass is 10.1. The third kappa shape index (κ3) is 8.67. The van der Waals surface area contributed by atoms with E-state index in [1.807, 2.05) is 66.9 Å². The van der Waals surface area contributed by atoms with E-state index >= 15 is 0 Å². The van der Waals surface area contributed by atoms with Gasteiger partial charge >= 0.3 is 0 Å². The first kappa shape index (κ1) is 30.7. The number of hydrogen-bond donors (Lipinski definition) is 3. The van der Waals surface area contributed by atoms with Crippen molar-refractivity contribution in [3.63, 3.8) is 0 Å². The van der Waals surface area contributed by atoms with E-state index in [1.54, 1.807) is 54.6 Å². The van der Waals surface area contributed by atoms with E-state index in [4.69, 9.17) is 11.6 Å². The molecule has 0 bridgehead atoms. The number of aromatic nitrogens is 1. The molecule has 7 nitrogen and oxygen atoms in total. The van der Waals surface area contributed by atoms with Crippen molar-refractivity contribution in [3.8, 4) is 11.3 Å². The molecule has 0 aliphatic heterocycles. The number of halogens is 1. The Labute approximate surface area is 268 Å². The van der Waals surface area contributed by atoms with Crippen molar-refractivity contribution in [2.24, 2.45) is 0 Å². The zero-order valence-corrected chi connectivity index (χ0v) is 25.9. The van der Waals surface area contributed by atoms with Gasteiger partial charge in [-0.2, -0.15) is 0 Å². The lowest BCUT2D eigenvalue weighted by molar-refractivity contribution is -0.114. The highest BCUT2D eigenvalue weighted by molar-refractivity contribution is 8.00. The Morgan fingerprint density at radius 3 is 2.36 bits per heavy atom. The van der Waals surface area contributed by atoms with Gasteiger partial charge in [-0.05, 0) is 67.1 Å².